The fraction of sp³-hybridized carbons (Fsp3) is 0.706. The van der Waals surface area contributed by atoms with Crippen LogP contribution in [0.4, 0.5) is 0 Å². The third-order valence-corrected chi connectivity index (χ3v) is 11.0. The number of hydrogen-bond acceptors (Lipinski definition) is 1. The Kier molecular flexibility index (Phi) is 9.17. The molecule has 0 aromatic heterocycles. The molecule has 5 rings (SSSR count). The van der Waals surface area contributed by atoms with E-state index in [0.717, 1.165) is 35.5 Å². The standard InChI is InChI=1S/C22H35N.C9H14.C3H6/c1-5-7-15-13-14(3)19-17(16(15)8-6-2)9-12-22-18(19)10-11-21(22,4)20(22)23;1-7-4-5-8(2)9(3)6-7;1-3-2/h5,7,14,16-20H,1,6,8-13,23H2,2-4H3;6,8H,1,4-5H2,2-3H3;3H,1H2,2H3/b15-7-;;. The number of fused-ring (bicyclic) bond motifs is 2. The molecule has 0 saturated heterocycles. The molecule has 0 aromatic rings. The van der Waals surface area contributed by atoms with Crippen LogP contribution >= 0.6 is 0 Å². The first-order valence-electron chi connectivity index (χ1n) is 14.6. The second kappa shape index (κ2) is 11.4. The summed E-state index contributed by atoms with van der Waals surface area (Å²) in [4.78, 5) is 0. The topological polar surface area (TPSA) is 26.0 Å². The minimum atomic E-state index is 0.486. The predicted octanol–water partition coefficient (Wildman–Crippen LogP) is 9.44. The van der Waals surface area contributed by atoms with Crippen molar-refractivity contribution in [3.8, 4) is 0 Å². The van der Waals surface area contributed by atoms with Gasteiger partial charge in [0.2, 0.25) is 0 Å². The van der Waals surface area contributed by atoms with Crippen LogP contribution < -0.4 is 5.73 Å². The van der Waals surface area contributed by atoms with Gasteiger partial charge in [-0.15, -0.1) is 6.58 Å². The van der Waals surface area contributed by atoms with Crippen LogP contribution in [0.3, 0.4) is 0 Å². The maximum atomic E-state index is 6.66. The van der Waals surface area contributed by atoms with Gasteiger partial charge in [0.15, 0.2) is 0 Å². The lowest BCUT2D eigenvalue weighted by molar-refractivity contribution is -0.00774. The van der Waals surface area contributed by atoms with Crippen molar-refractivity contribution in [2.24, 2.45) is 52.1 Å². The Hall–Kier alpha value is -1.34. The smallest absolute Gasteiger partial charge is 0.0164 e. The van der Waals surface area contributed by atoms with Gasteiger partial charge in [-0.3, -0.25) is 0 Å². The molecule has 4 fully saturated rings. The van der Waals surface area contributed by atoms with Gasteiger partial charge >= 0.3 is 0 Å². The van der Waals surface area contributed by atoms with E-state index in [0.29, 0.717) is 16.9 Å². The highest BCUT2D eigenvalue weighted by Gasteiger charge is 2.79. The van der Waals surface area contributed by atoms with Gasteiger partial charge in [0.25, 0.3) is 0 Å². The molecule has 5 aliphatic rings. The lowest BCUT2D eigenvalue weighted by Gasteiger charge is -2.53. The van der Waals surface area contributed by atoms with E-state index in [9.17, 15) is 0 Å². The average Bonchev–Trinajstić information content (AvgIpc) is 3.09. The quantitative estimate of drug-likeness (QED) is 0.402. The van der Waals surface area contributed by atoms with Gasteiger partial charge in [-0.1, -0.05) is 88.3 Å². The number of allylic oxidation sites excluding steroid dienone is 7. The maximum Gasteiger partial charge on any atom is 0.0164 e. The summed E-state index contributed by atoms with van der Waals surface area (Å²) < 4.78 is 0. The first kappa shape index (κ1) is 28.2. The SMILES string of the molecule is C=C/C=C1/CC(C)C2C(CCC34C2CCC3(C)C4N)C1CCC.C=C1C=C(C)C(C)CC1.C=CC. The van der Waals surface area contributed by atoms with Crippen LogP contribution in [-0.2, 0) is 0 Å². The van der Waals surface area contributed by atoms with Crippen LogP contribution in [0, 0.1) is 46.3 Å². The van der Waals surface area contributed by atoms with Crippen molar-refractivity contribution in [1.82, 2.24) is 0 Å². The number of nitrogens with two attached hydrogens (primary N) is 1. The molecule has 0 radical (unpaired) electrons. The molecule has 0 amide bonds. The van der Waals surface area contributed by atoms with Gasteiger partial charge in [0, 0.05) is 6.04 Å². The summed E-state index contributed by atoms with van der Waals surface area (Å²) in [7, 11) is 0. The Morgan fingerprint density at radius 2 is 1.83 bits per heavy atom. The molecular weight excluding hydrogens is 422 g/mol. The molecule has 9 unspecified atom stereocenters. The minimum absolute atomic E-state index is 0.486. The Labute approximate surface area is 218 Å². The molecule has 4 saturated carbocycles. The molecule has 2 N–H and O–H groups in total. The van der Waals surface area contributed by atoms with E-state index in [1.807, 2.05) is 13.0 Å². The van der Waals surface area contributed by atoms with E-state index in [1.165, 1.54) is 68.9 Å². The molecule has 35 heavy (non-hydrogen) atoms. The Bertz CT molecular complexity index is 845. The Balaban J connectivity index is 0.000000238. The third kappa shape index (κ3) is 4.96. The van der Waals surface area contributed by atoms with Gasteiger partial charge in [-0.2, -0.15) is 0 Å². The van der Waals surface area contributed by atoms with Crippen molar-refractivity contribution in [3.05, 3.63) is 60.8 Å². The number of hydrogen-bond donors (Lipinski definition) is 1. The zero-order valence-corrected chi connectivity index (χ0v) is 23.9. The molecule has 0 heterocycles. The van der Waals surface area contributed by atoms with Crippen molar-refractivity contribution >= 4 is 0 Å². The summed E-state index contributed by atoms with van der Waals surface area (Å²) in [6.07, 6.45) is 20.5. The Morgan fingerprint density at radius 1 is 1.14 bits per heavy atom. The molecule has 0 aromatic carbocycles. The summed E-state index contributed by atoms with van der Waals surface area (Å²) in [5.41, 5.74) is 12.2. The minimum Gasteiger partial charge on any atom is -0.327 e. The van der Waals surface area contributed by atoms with Gasteiger partial charge in [0.05, 0.1) is 0 Å². The van der Waals surface area contributed by atoms with E-state index in [4.69, 9.17) is 5.73 Å². The summed E-state index contributed by atoms with van der Waals surface area (Å²) in [6.45, 7) is 25.0. The average molecular weight is 478 g/mol. The first-order chi connectivity index (χ1) is 16.6. The zero-order valence-electron chi connectivity index (χ0n) is 23.9. The predicted molar refractivity (Wildman–Crippen MR) is 155 cm³/mol. The van der Waals surface area contributed by atoms with Gasteiger partial charge in [-0.05, 0) is 112 Å². The Morgan fingerprint density at radius 3 is 2.37 bits per heavy atom. The van der Waals surface area contributed by atoms with Crippen molar-refractivity contribution in [1.29, 1.82) is 0 Å². The van der Waals surface area contributed by atoms with E-state index < -0.39 is 0 Å². The van der Waals surface area contributed by atoms with Gasteiger partial charge in [0.1, 0.15) is 0 Å². The van der Waals surface area contributed by atoms with E-state index >= 15 is 0 Å². The summed E-state index contributed by atoms with van der Waals surface area (Å²) in [6, 6.07) is 0.497. The second-order valence-corrected chi connectivity index (χ2v) is 12.8. The van der Waals surface area contributed by atoms with Gasteiger partial charge < -0.3 is 5.73 Å². The highest BCUT2D eigenvalue weighted by atomic mass is 15.0. The number of rotatable bonds is 3. The molecule has 1 heteroatoms. The van der Waals surface area contributed by atoms with Crippen LogP contribution in [0.2, 0.25) is 0 Å². The van der Waals surface area contributed by atoms with Crippen molar-refractivity contribution in [3.63, 3.8) is 0 Å². The third-order valence-electron chi connectivity index (χ3n) is 11.0. The van der Waals surface area contributed by atoms with E-state index in [1.54, 1.807) is 11.6 Å². The van der Waals surface area contributed by atoms with Crippen molar-refractivity contribution in [2.75, 3.05) is 0 Å². The second-order valence-electron chi connectivity index (χ2n) is 12.8. The first-order valence-corrected chi connectivity index (χ1v) is 14.6. The van der Waals surface area contributed by atoms with E-state index in [-0.39, 0.29) is 0 Å². The highest BCUT2D eigenvalue weighted by molar-refractivity contribution is 5.32. The van der Waals surface area contributed by atoms with Crippen LogP contribution in [-0.4, -0.2) is 6.04 Å². The van der Waals surface area contributed by atoms with Crippen LogP contribution in [0.15, 0.2) is 60.8 Å². The molecule has 196 valence electrons. The zero-order chi connectivity index (χ0) is 26.0. The monoisotopic (exact) mass is 477 g/mol. The van der Waals surface area contributed by atoms with Crippen molar-refractivity contribution in [2.45, 2.75) is 105 Å². The molecule has 1 nitrogen and oxygen atoms in total. The highest BCUT2D eigenvalue weighted by Crippen LogP contribution is 2.81. The molecule has 0 bridgehead atoms. The summed E-state index contributed by atoms with van der Waals surface area (Å²) in [5, 5.41) is 0. The lowest BCUT2D eigenvalue weighted by Crippen LogP contribution is -2.46. The molecule has 9 atom stereocenters. The normalized spacial score (nSPS) is 44.3. The summed E-state index contributed by atoms with van der Waals surface area (Å²) >= 11 is 0. The fourth-order valence-corrected chi connectivity index (χ4v) is 9.09. The summed E-state index contributed by atoms with van der Waals surface area (Å²) in [5.74, 6) is 5.19. The largest absolute Gasteiger partial charge is 0.327 e. The van der Waals surface area contributed by atoms with Crippen LogP contribution in [0.5, 0.6) is 0 Å². The molecule has 5 aliphatic carbocycles. The van der Waals surface area contributed by atoms with Crippen molar-refractivity contribution < 1.29 is 0 Å². The fourth-order valence-electron chi connectivity index (χ4n) is 9.09. The molecular formula is C34H55N. The molecule has 0 aliphatic heterocycles. The van der Waals surface area contributed by atoms with Crippen LogP contribution in [0.1, 0.15) is 99.3 Å². The molecule has 1 spiro atoms. The van der Waals surface area contributed by atoms with Gasteiger partial charge in [-0.25, -0.2) is 0 Å². The lowest BCUT2D eigenvalue weighted by atomic mass is 9.52. The van der Waals surface area contributed by atoms with E-state index in [2.05, 4.69) is 66.5 Å². The van der Waals surface area contributed by atoms with Crippen LogP contribution in [0.25, 0.3) is 0 Å². The maximum absolute atomic E-state index is 6.66.